The maximum absolute atomic E-state index is 6.52. The zero-order valence-corrected chi connectivity index (χ0v) is 27.3. The highest BCUT2D eigenvalue weighted by molar-refractivity contribution is 5.50. The van der Waals surface area contributed by atoms with E-state index in [2.05, 4.69) is 84.9 Å². The summed E-state index contributed by atoms with van der Waals surface area (Å²) in [5.74, 6) is 1.90. The zero-order chi connectivity index (χ0) is 31.9. The SMILES string of the molecule is c1cc2cc(c1)Cc1cccc3c1OCCOCCOCCOCCOCCOCCOc1c(cccc1Cc1cccc(c1)C3)C2. The molecular weight excluding hydrogens is 592 g/mol. The van der Waals surface area contributed by atoms with E-state index < -0.39 is 0 Å². The summed E-state index contributed by atoms with van der Waals surface area (Å²) < 4.78 is 41.6. The Labute approximate surface area is 278 Å². The molecule has 47 heavy (non-hydrogen) atoms. The molecule has 0 saturated heterocycles. The van der Waals surface area contributed by atoms with Gasteiger partial charge in [-0.1, -0.05) is 84.9 Å². The summed E-state index contributed by atoms with van der Waals surface area (Å²) in [6.07, 6.45) is 3.10. The quantitative estimate of drug-likeness (QED) is 0.200. The summed E-state index contributed by atoms with van der Waals surface area (Å²) in [6, 6.07) is 30.8. The molecule has 0 unspecified atom stereocenters. The van der Waals surface area contributed by atoms with Gasteiger partial charge in [-0.3, -0.25) is 0 Å². The van der Waals surface area contributed by atoms with Crippen LogP contribution in [0.15, 0.2) is 84.9 Å². The molecule has 1 aliphatic carbocycles. The third kappa shape index (κ3) is 10.1. The molecule has 0 amide bonds. The minimum Gasteiger partial charge on any atom is -0.491 e. The zero-order valence-electron chi connectivity index (χ0n) is 27.3. The molecule has 0 saturated carbocycles. The van der Waals surface area contributed by atoms with Crippen molar-refractivity contribution in [1.29, 1.82) is 0 Å². The van der Waals surface area contributed by atoms with Gasteiger partial charge in [-0.25, -0.2) is 0 Å². The van der Waals surface area contributed by atoms with Crippen LogP contribution < -0.4 is 9.47 Å². The third-order valence-corrected chi connectivity index (χ3v) is 8.35. The maximum atomic E-state index is 6.52. The van der Waals surface area contributed by atoms with Crippen LogP contribution in [0.5, 0.6) is 11.5 Å². The molecule has 0 radical (unpaired) electrons. The van der Waals surface area contributed by atoms with Crippen molar-refractivity contribution in [2.75, 3.05) is 79.3 Å². The Kier molecular flexibility index (Phi) is 12.7. The molecule has 1 heterocycles. The summed E-state index contributed by atoms with van der Waals surface area (Å²) >= 11 is 0. The van der Waals surface area contributed by atoms with Gasteiger partial charge in [-0.05, 0) is 44.5 Å². The highest BCUT2D eigenvalue weighted by atomic mass is 16.6. The summed E-state index contributed by atoms with van der Waals surface area (Å²) in [5.41, 5.74) is 9.70. The fourth-order valence-electron chi connectivity index (χ4n) is 6.17. The fourth-order valence-corrected chi connectivity index (χ4v) is 6.17. The average molecular weight is 639 g/mol. The molecule has 7 nitrogen and oxygen atoms in total. The Morgan fingerprint density at radius 2 is 0.553 bits per heavy atom. The topological polar surface area (TPSA) is 64.6 Å². The second kappa shape index (κ2) is 18.0. The van der Waals surface area contributed by atoms with Gasteiger partial charge in [0.05, 0.1) is 66.1 Å². The number of para-hydroxylation sites is 2. The van der Waals surface area contributed by atoms with Gasteiger partial charge in [-0.15, -0.1) is 0 Å². The Morgan fingerprint density at radius 1 is 0.298 bits per heavy atom. The van der Waals surface area contributed by atoms with E-state index in [4.69, 9.17) is 33.2 Å². The largest absolute Gasteiger partial charge is 0.491 e. The average Bonchev–Trinajstić information content (AvgIpc) is 3.07. The molecule has 0 spiro atoms. The van der Waals surface area contributed by atoms with Crippen LogP contribution in [-0.2, 0) is 49.4 Å². The lowest BCUT2D eigenvalue weighted by Gasteiger charge is -2.19. The van der Waals surface area contributed by atoms with Crippen molar-refractivity contribution < 1.29 is 33.2 Å². The molecule has 0 fully saturated rings. The summed E-state index contributed by atoms with van der Waals surface area (Å²) in [6.45, 7) is 6.05. The van der Waals surface area contributed by atoms with Crippen molar-refractivity contribution in [2.24, 2.45) is 0 Å². The highest BCUT2D eigenvalue weighted by Crippen LogP contribution is 2.32. The van der Waals surface area contributed by atoms with Gasteiger partial charge < -0.3 is 33.2 Å². The molecule has 7 heteroatoms. The van der Waals surface area contributed by atoms with Crippen LogP contribution in [0, 0.1) is 0 Å². The second-order valence-electron chi connectivity index (χ2n) is 11.9. The molecule has 1 aliphatic heterocycles. The van der Waals surface area contributed by atoms with E-state index >= 15 is 0 Å². The van der Waals surface area contributed by atoms with Gasteiger partial charge in [-0.2, -0.15) is 0 Å². The van der Waals surface area contributed by atoms with E-state index in [1.54, 1.807) is 0 Å². The van der Waals surface area contributed by atoms with Gasteiger partial charge in [0, 0.05) is 25.7 Å². The van der Waals surface area contributed by atoms with Crippen LogP contribution in [0.4, 0.5) is 0 Å². The molecule has 2 aliphatic rings. The van der Waals surface area contributed by atoms with Crippen molar-refractivity contribution in [3.63, 3.8) is 0 Å². The third-order valence-electron chi connectivity index (χ3n) is 8.35. The Bertz CT molecular complexity index is 1360. The van der Waals surface area contributed by atoms with Gasteiger partial charge in [0.1, 0.15) is 24.7 Å². The lowest BCUT2D eigenvalue weighted by atomic mass is 9.92. The standard InChI is InChI=1S/C40H46O7/c1-5-31-25-32(6-1)28-36-10-4-12-38-30-34-8-2-7-33(26-34)29-37-11-3-9-35(27-31)39(37)46-23-21-44-19-17-42-15-13-41-14-16-43-18-20-45-22-24-47-40(36)38/h1-12,25-26H,13-24,27-30H2. The monoisotopic (exact) mass is 638 g/mol. The molecule has 0 atom stereocenters. The van der Waals surface area contributed by atoms with Crippen LogP contribution in [-0.4, -0.2) is 79.3 Å². The van der Waals surface area contributed by atoms with E-state index in [0.717, 1.165) is 37.2 Å². The molecule has 248 valence electrons. The first kappa shape index (κ1) is 33.2. The van der Waals surface area contributed by atoms with Gasteiger partial charge >= 0.3 is 0 Å². The fraction of sp³-hybridized carbons (Fsp3) is 0.400. The number of fused-ring (bicyclic) bond motifs is 2. The molecule has 10 bridgehead atoms. The first-order valence-electron chi connectivity index (χ1n) is 16.8. The van der Waals surface area contributed by atoms with Crippen LogP contribution in [0.2, 0.25) is 0 Å². The van der Waals surface area contributed by atoms with Crippen LogP contribution in [0.25, 0.3) is 0 Å². The highest BCUT2D eigenvalue weighted by Gasteiger charge is 2.16. The van der Waals surface area contributed by atoms with Crippen molar-refractivity contribution in [1.82, 2.24) is 0 Å². The van der Waals surface area contributed by atoms with Crippen molar-refractivity contribution in [2.45, 2.75) is 25.7 Å². The van der Waals surface area contributed by atoms with E-state index in [1.807, 2.05) is 0 Å². The van der Waals surface area contributed by atoms with E-state index in [9.17, 15) is 0 Å². The van der Waals surface area contributed by atoms with Crippen LogP contribution in [0.3, 0.4) is 0 Å². The summed E-state index contributed by atoms with van der Waals surface area (Å²) in [5, 5.41) is 0. The van der Waals surface area contributed by atoms with Crippen LogP contribution >= 0.6 is 0 Å². The van der Waals surface area contributed by atoms with Gasteiger partial charge in [0.2, 0.25) is 0 Å². The maximum Gasteiger partial charge on any atom is 0.126 e. The smallest absolute Gasteiger partial charge is 0.126 e. The van der Waals surface area contributed by atoms with Crippen molar-refractivity contribution in [3.8, 4) is 11.5 Å². The second-order valence-corrected chi connectivity index (χ2v) is 11.9. The van der Waals surface area contributed by atoms with E-state index in [1.165, 1.54) is 44.5 Å². The predicted octanol–water partition coefficient (Wildman–Crippen LogP) is 6.22. The van der Waals surface area contributed by atoms with E-state index in [-0.39, 0.29) is 0 Å². The minimum absolute atomic E-state index is 0.468. The summed E-state index contributed by atoms with van der Waals surface area (Å²) in [4.78, 5) is 0. The molecule has 0 N–H and O–H groups in total. The van der Waals surface area contributed by atoms with Crippen molar-refractivity contribution >= 4 is 0 Å². The normalized spacial score (nSPS) is 17.6. The lowest BCUT2D eigenvalue weighted by Crippen LogP contribution is -2.15. The minimum atomic E-state index is 0.468. The first-order valence-corrected chi connectivity index (χ1v) is 16.8. The first-order chi connectivity index (χ1) is 23.3. The predicted molar refractivity (Wildman–Crippen MR) is 182 cm³/mol. The molecular formula is C40H46O7. The Morgan fingerprint density at radius 3 is 0.851 bits per heavy atom. The lowest BCUT2D eigenvalue weighted by molar-refractivity contribution is -0.0142. The number of ether oxygens (including phenoxy) is 7. The van der Waals surface area contributed by atoms with Gasteiger partial charge in [0.25, 0.3) is 0 Å². The van der Waals surface area contributed by atoms with E-state index in [0.29, 0.717) is 79.3 Å². The molecule has 4 aromatic rings. The van der Waals surface area contributed by atoms with Gasteiger partial charge in [0.15, 0.2) is 0 Å². The number of benzene rings is 4. The van der Waals surface area contributed by atoms with Crippen molar-refractivity contribution in [3.05, 3.63) is 129 Å². The Balaban J connectivity index is 1.31. The number of hydrogen-bond acceptors (Lipinski definition) is 7. The molecule has 6 rings (SSSR count). The summed E-state index contributed by atoms with van der Waals surface area (Å²) in [7, 11) is 0. The Hall–Kier alpha value is -3.72. The van der Waals surface area contributed by atoms with Crippen LogP contribution in [0.1, 0.15) is 44.5 Å². The molecule has 0 aromatic heterocycles. The number of rotatable bonds is 0. The molecule has 4 aromatic carbocycles. The number of hydrogen-bond donors (Lipinski definition) is 0.